The predicted octanol–water partition coefficient (Wildman–Crippen LogP) is 4.79. The molecule has 0 atom stereocenters. The first-order chi connectivity index (χ1) is 12.7. The largest absolute Gasteiger partial charge is 0.355 e. The first-order valence-electron chi connectivity index (χ1n) is 9.53. The van der Waals surface area contributed by atoms with Gasteiger partial charge >= 0.3 is 0 Å². The molecule has 0 N–H and O–H groups in total. The molecule has 0 unspecified atom stereocenters. The van der Waals surface area contributed by atoms with Gasteiger partial charge in [0.25, 0.3) is 0 Å². The molecule has 2 aromatic carbocycles. The highest BCUT2D eigenvalue weighted by Gasteiger charge is 2.20. The average molecular weight is 348 g/mol. The summed E-state index contributed by atoms with van der Waals surface area (Å²) in [7, 11) is 0. The van der Waals surface area contributed by atoms with Gasteiger partial charge in [-0.2, -0.15) is 4.68 Å². The Bertz CT molecular complexity index is 817. The molecule has 0 aliphatic carbocycles. The van der Waals surface area contributed by atoms with Crippen molar-refractivity contribution in [3.63, 3.8) is 0 Å². The quantitative estimate of drug-likeness (QED) is 0.587. The first kappa shape index (κ1) is 18.2. The van der Waals surface area contributed by atoms with Crippen molar-refractivity contribution >= 4 is 5.82 Å². The molecule has 0 amide bonds. The Morgan fingerprint density at radius 3 is 2.31 bits per heavy atom. The lowest BCUT2D eigenvalue weighted by atomic mass is 10.1. The summed E-state index contributed by atoms with van der Waals surface area (Å²) in [6, 6.07) is 18.9. The third-order valence-electron chi connectivity index (χ3n) is 4.46. The van der Waals surface area contributed by atoms with E-state index in [1.807, 2.05) is 22.9 Å². The molecular formula is C22H28N4. The molecule has 0 aliphatic rings. The molecule has 0 radical (unpaired) electrons. The maximum absolute atomic E-state index is 4.57. The zero-order valence-electron chi connectivity index (χ0n) is 16.0. The highest BCUT2D eigenvalue weighted by atomic mass is 15.5. The van der Waals surface area contributed by atoms with Gasteiger partial charge in [0.15, 0.2) is 5.82 Å². The zero-order chi connectivity index (χ0) is 18.4. The van der Waals surface area contributed by atoms with Crippen LogP contribution in [0.1, 0.15) is 43.5 Å². The van der Waals surface area contributed by atoms with Crippen LogP contribution in [0, 0.1) is 6.92 Å². The van der Waals surface area contributed by atoms with Crippen molar-refractivity contribution in [2.75, 3.05) is 18.0 Å². The molecule has 3 aromatic rings. The highest BCUT2D eigenvalue weighted by Crippen LogP contribution is 2.25. The van der Waals surface area contributed by atoms with Gasteiger partial charge in [-0.25, -0.2) is 0 Å². The molecule has 136 valence electrons. The summed E-state index contributed by atoms with van der Waals surface area (Å²) < 4.78 is 2.00. The number of anilines is 1. The fourth-order valence-electron chi connectivity index (χ4n) is 3.36. The van der Waals surface area contributed by atoms with Crippen LogP contribution in [0.15, 0.2) is 54.6 Å². The smallest absolute Gasteiger partial charge is 0.156 e. The van der Waals surface area contributed by atoms with E-state index < -0.39 is 0 Å². The van der Waals surface area contributed by atoms with E-state index in [-0.39, 0.29) is 0 Å². The molecule has 0 saturated carbocycles. The lowest BCUT2D eigenvalue weighted by Crippen LogP contribution is -2.28. The minimum Gasteiger partial charge on any atom is -0.355 e. The van der Waals surface area contributed by atoms with E-state index in [0.717, 1.165) is 49.6 Å². The van der Waals surface area contributed by atoms with Crippen LogP contribution < -0.4 is 4.90 Å². The van der Waals surface area contributed by atoms with Crippen molar-refractivity contribution < 1.29 is 0 Å². The van der Waals surface area contributed by atoms with Crippen LogP contribution in [0.5, 0.6) is 0 Å². The maximum atomic E-state index is 4.57. The summed E-state index contributed by atoms with van der Waals surface area (Å²) in [6.45, 7) is 8.59. The van der Waals surface area contributed by atoms with Crippen molar-refractivity contribution in [2.45, 2.75) is 40.0 Å². The second kappa shape index (κ2) is 8.65. The minimum atomic E-state index is 0.799. The maximum Gasteiger partial charge on any atom is 0.156 e. The normalized spacial score (nSPS) is 10.9. The molecule has 4 heteroatoms. The number of rotatable bonds is 8. The van der Waals surface area contributed by atoms with E-state index >= 15 is 0 Å². The van der Waals surface area contributed by atoms with Gasteiger partial charge < -0.3 is 4.90 Å². The van der Waals surface area contributed by atoms with Gasteiger partial charge in [-0.15, -0.1) is 5.10 Å². The third kappa shape index (κ3) is 4.13. The van der Waals surface area contributed by atoms with E-state index in [1.165, 1.54) is 11.1 Å². The van der Waals surface area contributed by atoms with Crippen LogP contribution >= 0.6 is 0 Å². The van der Waals surface area contributed by atoms with Gasteiger partial charge in [0, 0.05) is 19.5 Å². The summed E-state index contributed by atoms with van der Waals surface area (Å²) in [5, 5.41) is 9.09. The zero-order valence-corrected chi connectivity index (χ0v) is 16.0. The molecule has 0 fully saturated rings. The van der Waals surface area contributed by atoms with Gasteiger partial charge in [0.1, 0.15) is 5.69 Å². The molecule has 0 spiro atoms. The summed E-state index contributed by atoms with van der Waals surface area (Å²) in [4.78, 5) is 2.43. The molecule has 0 bridgehead atoms. The number of benzene rings is 2. The molecule has 3 rings (SSSR count). The van der Waals surface area contributed by atoms with Crippen LogP contribution in [0.2, 0.25) is 0 Å². The van der Waals surface area contributed by atoms with Crippen molar-refractivity contribution in [3.05, 3.63) is 71.4 Å². The van der Waals surface area contributed by atoms with Crippen LogP contribution in [-0.2, 0) is 6.42 Å². The number of aromatic nitrogens is 3. The second-order valence-electron chi connectivity index (χ2n) is 6.76. The fourth-order valence-corrected chi connectivity index (χ4v) is 3.36. The molecule has 26 heavy (non-hydrogen) atoms. The second-order valence-corrected chi connectivity index (χ2v) is 6.76. The summed E-state index contributed by atoms with van der Waals surface area (Å²) in [5.74, 6) is 1.13. The Kier molecular flexibility index (Phi) is 6.05. The predicted molar refractivity (Wildman–Crippen MR) is 108 cm³/mol. The van der Waals surface area contributed by atoms with Gasteiger partial charge in [-0.3, -0.25) is 0 Å². The van der Waals surface area contributed by atoms with Crippen molar-refractivity contribution in [1.82, 2.24) is 15.0 Å². The van der Waals surface area contributed by atoms with Gasteiger partial charge in [0.05, 0.1) is 5.69 Å². The highest BCUT2D eigenvalue weighted by molar-refractivity contribution is 5.51. The monoisotopic (exact) mass is 348 g/mol. The topological polar surface area (TPSA) is 34.0 Å². The van der Waals surface area contributed by atoms with E-state index in [0.29, 0.717) is 0 Å². The van der Waals surface area contributed by atoms with Crippen LogP contribution in [0.3, 0.4) is 0 Å². The van der Waals surface area contributed by atoms with E-state index in [2.05, 4.69) is 72.4 Å². The number of nitrogens with zero attached hydrogens (tertiary/aromatic N) is 4. The van der Waals surface area contributed by atoms with E-state index in [1.54, 1.807) is 0 Å². The molecule has 1 aromatic heterocycles. The van der Waals surface area contributed by atoms with Gasteiger partial charge in [0.2, 0.25) is 0 Å². The molecular weight excluding hydrogens is 320 g/mol. The Labute approximate surface area is 156 Å². The Morgan fingerprint density at radius 1 is 0.923 bits per heavy atom. The summed E-state index contributed by atoms with van der Waals surface area (Å²) in [5.41, 5.74) is 4.65. The van der Waals surface area contributed by atoms with Crippen LogP contribution in [0.25, 0.3) is 5.69 Å². The van der Waals surface area contributed by atoms with Crippen molar-refractivity contribution in [2.24, 2.45) is 0 Å². The Morgan fingerprint density at radius 2 is 1.65 bits per heavy atom. The van der Waals surface area contributed by atoms with Crippen molar-refractivity contribution in [1.29, 1.82) is 0 Å². The standard InChI is InChI=1S/C22H28N4/c1-4-14-25(15-5-2)22-21(17-19-11-9-10-18(3)16-19)23-24-26(22)20-12-7-6-8-13-20/h6-13,16H,4-5,14-15,17H2,1-3H3. The van der Waals surface area contributed by atoms with Crippen LogP contribution in [0.4, 0.5) is 5.82 Å². The molecule has 0 saturated heterocycles. The Balaban J connectivity index is 2.04. The first-order valence-corrected chi connectivity index (χ1v) is 9.53. The van der Waals surface area contributed by atoms with E-state index in [4.69, 9.17) is 0 Å². The number of para-hydroxylation sites is 1. The summed E-state index contributed by atoms with van der Waals surface area (Å²) >= 11 is 0. The lowest BCUT2D eigenvalue weighted by molar-refractivity contribution is 0.704. The molecule has 0 aliphatic heterocycles. The van der Waals surface area contributed by atoms with Gasteiger partial charge in [-0.1, -0.05) is 67.1 Å². The van der Waals surface area contributed by atoms with Crippen molar-refractivity contribution in [3.8, 4) is 5.69 Å². The lowest BCUT2D eigenvalue weighted by Gasteiger charge is -2.25. The van der Waals surface area contributed by atoms with Gasteiger partial charge in [-0.05, 0) is 37.5 Å². The van der Waals surface area contributed by atoms with E-state index in [9.17, 15) is 0 Å². The molecule has 4 nitrogen and oxygen atoms in total. The summed E-state index contributed by atoms with van der Waals surface area (Å²) in [6.07, 6.45) is 3.00. The number of aryl methyl sites for hydroxylation is 1. The molecule has 1 heterocycles. The van der Waals surface area contributed by atoms with Crippen LogP contribution in [-0.4, -0.2) is 28.1 Å². The SMILES string of the molecule is CCCN(CCC)c1c(Cc2cccc(C)c2)nnn1-c1ccccc1. The third-order valence-corrected chi connectivity index (χ3v) is 4.46. The number of hydrogen-bond acceptors (Lipinski definition) is 3. The minimum absolute atomic E-state index is 0.799. The Hall–Kier alpha value is -2.62. The fraction of sp³-hybridized carbons (Fsp3) is 0.364. The number of hydrogen-bond donors (Lipinski definition) is 0. The average Bonchev–Trinajstić information content (AvgIpc) is 3.06.